The van der Waals surface area contributed by atoms with Crippen molar-refractivity contribution in [1.29, 1.82) is 0 Å². The van der Waals surface area contributed by atoms with Crippen LogP contribution in [0.4, 0.5) is 0 Å². The molecule has 0 aliphatic carbocycles. The zero-order valence-corrected chi connectivity index (χ0v) is 13.3. The van der Waals surface area contributed by atoms with Crippen molar-refractivity contribution in [1.82, 2.24) is 4.90 Å². The van der Waals surface area contributed by atoms with E-state index >= 15 is 0 Å². The molecule has 1 aliphatic heterocycles. The lowest BCUT2D eigenvalue weighted by molar-refractivity contribution is -0.146. The van der Waals surface area contributed by atoms with Crippen LogP contribution >= 0.6 is 11.3 Å². The third-order valence-corrected chi connectivity index (χ3v) is 4.61. The third kappa shape index (κ3) is 3.21. The molecule has 1 saturated heterocycles. The van der Waals surface area contributed by atoms with Crippen molar-refractivity contribution < 1.29 is 9.53 Å². The molecule has 0 spiro atoms. The molecule has 1 aliphatic rings. The lowest BCUT2D eigenvalue weighted by atomic mass is 10.0. The Balaban J connectivity index is 1.74. The minimum absolute atomic E-state index is 0.00516. The number of hydrogen-bond donors (Lipinski definition) is 1. The summed E-state index contributed by atoms with van der Waals surface area (Å²) in [6.07, 6.45) is -0.0625. The van der Waals surface area contributed by atoms with Gasteiger partial charge in [0.2, 0.25) is 5.91 Å². The first kappa shape index (κ1) is 15.2. The molecule has 116 valence electrons. The van der Waals surface area contributed by atoms with Crippen LogP contribution in [-0.2, 0) is 9.53 Å². The predicted octanol–water partition coefficient (Wildman–Crippen LogP) is 2.74. The highest BCUT2D eigenvalue weighted by molar-refractivity contribution is 7.07. The molecular weight excluding hydrogens is 296 g/mol. The van der Waals surface area contributed by atoms with E-state index in [1.54, 1.807) is 11.3 Å². The highest BCUT2D eigenvalue weighted by Crippen LogP contribution is 2.28. The quantitative estimate of drug-likeness (QED) is 0.947. The summed E-state index contributed by atoms with van der Waals surface area (Å²) in [6.45, 7) is 3.13. The van der Waals surface area contributed by atoms with E-state index in [4.69, 9.17) is 10.5 Å². The number of benzene rings is 1. The average Bonchev–Trinajstić information content (AvgIpc) is 3.08. The Bertz CT molecular complexity index is 615. The van der Waals surface area contributed by atoms with Gasteiger partial charge in [0.1, 0.15) is 12.1 Å². The van der Waals surface area contributed by atoms with Gasteiger partial charge in [0.05, 0.1) is 12.6 Å². The molecule has 0 saturated carbocycles. The van der Waals surface area contributed by atoms with Gasteiger partial charge in [0.25, 0.3) is 0 Å². The lowest BCUT2D eigenvalue weighted by Gasteiger charge is -2.37. The standard InChI is InChI=1S/C17H20N2O2S/c1-12-9-19(10-15(21-12)14-7-8-22-11-14)17(20)16(18)13-5-3-2-4-6-13/h2-8,11-12,15-16H,9-10,18H2,1H3/t12-,15+,16-/m1/s1. The largest absolute Gasteiger partial charge is 0.367 e. The van der Waals surface area contributed by atoms with Crippen LogP contribution in [0.25, 0.3) is 0 Å². The van der Waals surface area contributed by atoms with E-state index in [0.29, 0.717) is 13.1 Å². The summed E-state index contributed by atoms with van der Waals surface area (Å²) in [5.74, 6) is -0.0402. The smallest absolute Gasteiger partial charge is 0.244 e. The summed E-state index contributed by atoms with van der Waals surface area (Å²) in [4.78, 5) is 14.5. The van der Waals surface area contributed by atoms with E-state index in [1.165, 1.54) is 0 Å². The summed E-state index contributed by atoms with van der Waals surface area (Å²) >= 11 is 1.64. The molecule has 0 unspecified atom stereocenters. The van der Waals surface area contributed by atoms with Gasteiger partial charge in [-0.05, 0) is 34.9 Å². The van der Waals surface area contributed by atoms with Crippen LogP contribution in [0.3, 0.4) is 0 Å². The number of ether oxygens (including phenoxy) is 1. The van der Waals surface area contributed by atoms with Crippen molar-refractivity contribution in [2.45, 2.75) is 25.2 Å². The zero-order chi connectivity index (χ0) is 15.5. The summed E-state index contributed by atoms with van der Waals surface area (Å²) in [5.41, 5.74) is 8.12. The Morgan fingerprint density at radius 3 is 2.77 bits per heavy atom. The maximum atomic E-state index is 12.7. The molecule has 0 radical (unpaired) electrons. The second-order valence-corrected chi connectivity index (χ2v) is 6.40. The van der Waals surface area contributed by atoms with Gasteiger partial charge >= 0.3 is 0 Å². The molecule has 1 amide bonds. The maximum Gasteiger partial charge on any atom is 0.244 e. The van der Waals surface area contributed by atoms with Gasteiger partial charge in [-0.15, -0.1) is 0 Å². The molecular formula is C17H20N2O2S. The number of carbonyl (C=O) groups is 1. The molecule has 1 aromatic heterocycles. The first-order valence-corrected chi connectivity index (χ1v) is 8.36. The van der Waals surface area contributed by atoms with Crippen LogP contribution in [0.1, 0.15) is 30.2 Å². The molecule has 5 heteroatoms. The van der Waals surface area contributed by atoms with E-state index in [1.807, 2.05) is 53.6 Å². The lowest BCUT2D eigenvalue weighted by Crippen LogP contribution is -2.48. The number of nitrogens with zero attached hydrogens (tertiary/aromatic N) is 1. The van der Waals surface area contributed by atoms with Gasteiger partial charge in [-0.2, -0.15) is 11.3 Å². The second-order valence-electron chi connectivity index (χ2n) is 5.62. The van der Waals surface area contributed by atoms with Gasteiger partial charge in [0, 0.05) is 6.54 Å². The molecule has 4 nitrogen and oxygen atoms in total. The van der Waals surface area contributed by atoms with Crippen molar-refractivity contribution in [3.05, 3.63) is 58.3 Å². The van der Waals surface area contributed by atoms with E-state index < -0.39 is 6.04 Å². The molecule has 1 aromatic carbocycles. The first-order valence-electron chi connectivity index (χ1n) is 7.42. The third-order valence-electron chi connectivity index (χ3n) is 3.91. The Kier molecular flexibility index (Phi) is 4.57. The van der Waals surface area contributed by atoms with Crippen LogP contribution in [-0.4, -0.2) is 30.0 Å². The van der Waals surface area contributed by atoms with Crippen LogP contribution in [0.5, 0.6) is 0 Å². The van der Waals surface area contributed by atoms with Crippen LogP contribution in [0.2, 0.25) is 0 Å². The van der Waals surface area contributed by atoms with Gasteiger partial charge in [-0.3, -0.25) is 4.79 Å². The fourth-order valence-electron chi connectivity index (χ4n) is 2.77. The zero-order valence-electron chi connectivity index (χ0n) is 12.5. The topological polar surface area (TPSA) is 55.6 Å². The van der Waals surface area contributed by atoms with E-state index in [2.05, 4.69) is 5.38 Å². The van der Waals surface area contributed by atoms with Crippen LogP contribution < -0.4 is 5.73 Å². The average molecular weight is 316 g/mol. The second kappa shape index (κ2) is 6.60. The highest BCUT2D eigenvalue weighted by atomic mass is 32.1. The summed E-state index contributed by atoms with van der Waals surface area (Å²) in [7, 11) is 0. The number of hydrogen-bond acceptors (Lipinski definition) is 4. The fraction of sp³-hybridized carbons (Fsp3) is 0.353. The number of morpholine rings is 1. The number of nitrogens with two attached hydrogens (primary N) is 1. The Morgan fingerprint density at radius 1 is 1.32 bits per heavy atom. The molecule has 3 atom stereocenters. The minimum Gasteiger partial charge on any atom is -0.367 e. The van der Waals surface area contributed by atoms with Crippen molar-refractivity contribution in [3.63, 3.8) is 0 Å². The monoisotopic (exact) mass is 316 g/mol. The normalized spacial score (nSPS) is 23.3. The van der Waals surface area contributed by atoms with Crippen molar-refractivity contribution in [2.24, 2.45) is 5.73 Å². The maximum absolute atomic E-state index is 12.7. The highest BCUT2D eigenvalue weighted by Gasteiger charge is 2.32. The van der Waals surface area contributed by atoms with Crippen LogP contribution in [0.15, 0.2) is 47.2 Å². The van der Waals surface area contributed by atoms with Crippen LogP contribution in [0, 0.1) is 0 Å². The minimum atomic E-state index is -0.616. The first-order chi connectivity index (χ1) is 10.6. The van der Waals surface area contributed by atoms with E-state index in [9.17, 15) is 4.79 Å². The summed E-state index contributed by atoms with van der Waals surface area (Å²) < 4.78 is 5.97. The molecule has 2 N–H and O–H groups in total. The molecule has 1 fully saturated rings. The Labute approximate surface area is 134 Å². The number of rotatable bonds is 3. The van der Waals surface area contributed by atoms with Gasteiger partial charge in [-0.1, -0.05) is 30.3 Å². The number of amides is 1. The number of carbonyl (C=O) groups excluding carboxylic acids is 1. The van der Waals surface area contributed by atoms with Gasteiger partial charge < -0.3 is 15.4 Å². The summed E-state index contributed by atoms with van der Waals surface area (Å²) in [6, 6.07) is 10.9. The predicted molar refractivity (Wildman–Crippen MR) is 87.6 cm³/mol. The van der Waals surface area contributed by atoms with Crippen molar-refractivity contribution in [3.8, 4) is 0 Å². The number of thiophene rings is 1. The van der Waals surface area contributed by atoms with E-state index in [-0.39, 0.29) is 18.1 Å². The van der Waals surface area contributed by atoms with Crippen molar-refractivity contribution >= 4 is 17.2 Å². The Morgan fingerprint density at radius 2 is 2.09 bits per heavy atom. The fourth-order valence-corrected chi connectivity index (χ4v) is 3.48. The molecule has 22 heavy (non-hydrogen) atoms. The summed E-state index contributed by atoms with van der Waals surface area (Å²) in [5, 5.41) is 4.10. The SMILES string of the molecule is C[C@@H]1CN(C(=O)[C@H](N)c2ccccc2)C[C@@H](c2ccsc2)O1. The molecule has 0 bridgehead atoms. The molecule has 2 heterocycles. The Hall–Kier alpha value is -1.69. The van der Waals surface area contributed by atoms with Gasteiger partial charge in [-0.25, -0.2) is 0 Å². The van der Waals surface area contributed by atoms with Gasteiger partial charge in [0.15, 0.2) is 0 Å². The van der Waals surface area contributed by atoms with E-state index in [0.717, 1.165) is 11.1 Å². The molecule has 3 rings (SSSR count). The molecule has 2 aromatic rings. The van der Waals surface area contributed by atoms with Crippen molar-refractivity contribution in [2.75, 3.05) is 13.1 Å².